The molecular formula is C14H11ClO3. The smallest absolute Gasteiger partial charge is 0.330 e. The van der Waals surface area contributed by atoms with Crippen molar-refractivity contribution in [3.05, 3.63) is 53.3 Å². The molecule has 0 spiro atoms. The van der Waals surface area contributed by atoms with E-state index in [4.69, 9.17) is 16.0 Å². The number of carbonyl (C=O) groups is 1. The van der Waals surface area contributed by atoms with Gasteiger partial charge in [0.15, 0.2) is 0 Å². The van der Waals surface area contributed by atoms with Gasteiger partial charge < -0.3 is 9.15 Å². The maximum atomic E-state index is 10.9. The van der Waals surface area contributed by atoms with Crippen LogP contribution in [0.25, 0.3) is 17.4 Å². The molecule has 2 rings (SSSR count). The van der Waals surface area contributed by atoms with E-state index in [1.165, 1.54) is 13.2 Å². The van der Waals surface area contributed by atoms with Gasteiger partial charge in [0, 0.05) is 16.7 Å². The van der Waals surface area contributed by atoms with Gasteiger partial charge in [-0.05, 0) is 42.5 Å². The largest absolute Gasteiger partial charge is 0.466 e. The van der Waals surface area contributed by atoms with Crippen molar-refractivity contribution in [2.24, 2.45) is 0 Å². The van der Waals surface area contributed by atoms with Gasteiger partial charge >= 0.3 is 5.97 Å². The second-order valence-corrected chi connectivity index (χ2v) is 4.00. The molecule has 0 unspecified atom stereocenters. The van der Waals surface area contributed by atoms with E-state index in [1.807, 2.05) is 18.2 Å². The Morgan fingerprint density at radius 3 is 2.61 bits per heavy atom. The molecule has 0 saturated heterocycles. The minimum Gasteiger partial charge on any atom is -0.466 e. The third-order valence-corrected chi connectivity index (χ3v) is 2.59. The van der Waals surface area contributed by atoms with Gasteiger partial charge in [0.2, 0.25) is 0 Å². The maximum Gasteiger partial charge on any atom is 0.330 e. The molecule has 0 aliphatic rings. The van der Waals surface area contributed by atoms with Gasteiger partial charge in [-0.2, -0.15) is 0 Å². The number of esters is 1. The molecule has 3 nitrogen and oxygen atoms in total. The van der Waals surface area contributed by atoms with Crippen LogP contribution in [0.5, 0.6) is 0 Å². The zero-order valence-electron chi connectivity index (χ0n) is 9.72. The van der Waals surface area contributed by atoms with Crippen molar-refractivity contribution in [1.82, 2.24) is 0 Å². The van der Waals surface area contributed by atoms with Crippen molar-refractivity contribution >= 4 is 23.6 Å². The zero-order chi connectivity index (χ0) is 13.0. The third kappa shape index (κ3) is 3.02. The van der Waals surface area contributed by atoms with E-state index >= 15 is 0 Å². The molecule has 0 aliphatic heterocycles. The molecule has 0 amide bonds. The first-order valence-electron chi connectivity index (χ1n) is 5.31. The summed E-state index contributed by atoms with van der Waals surface area (Å²) in [5, 5.41) is 0.677. The minimum absolute atomic E-state index is 0.417. The van der Waals surface area contributed by atoms with Crippen molar-refractivity contribution in [2.45, 2.75) is 0 Å². The number of ether oxygens (including phenoxy) is 1. The molecule has 0 atom stereocenters. The molecule has 1 aromatic heterocycles. The van der Waals surface area contributed by atoms with Crippen LogP contribution < -0.4 is 0 Å². The summed E-state index contributed by atoms with van der Waals surface area (Å²) in [5.74, 6) is 0.890. The van der Waals surface area contributed by atoms with Gasteiger partial charge in [-0.1, -0.05) is 11.6 Å². The van der Waals surface area contributed by atoms with E-state index in [0.29, 0.717) is 10.8 Å². The van der Waals surface area contributed by atoms with Crippen LogP contribution in [0.1, 0.15) is 5.76 Å². The highest BCUT2D eigenvalue weighted by molar-refractivity contribution is 6.30. The summed E-state index contributed by atoms with van der Waals surface area (Å²) in [7, 11) is 1.33. The number of hydrogen-bond donors (Lipinski definition) is 0. The fourth-order valence-electron chi connectivity index (χ4n) is 1.43. The summed E-state index contributed by atoms with van der Waals surface area (Å²) in [5.41, 5.74) is 0.928. The summed E-state index contributed by atoms with van der Waals surface area (Å²) >= 11 is 5.81. The van der Waals surface area contributed by atoms with E-state index in [-0.39, 0.29) is 0 Å². The van der Waals surface area contributed by atoms with Crippen LogP contribution >= 0.6 is 11.6 Å². The van der Waals surface area contributed by atoms with Crippen LogP contribution in [0.4, 0.5) is 0 Å². The molecule has 4 heteroatoms. The minimum atomic E-state index is -0.417. The Bertz CT molecular complexity index is 567. The Balaban J connectivity index is 2.18. The summed E-state index contributed by atoms with van der Waals surface area (Å²) in [6.45, 7) is 0. The number of halogens is 1. The molecule has 0 bridgehead atoms. The summed E-state index contributed by atoms with van der Waals surface area (Å²) < 4.78 is 10.1. The first-order valence-corrected chi connectivity index (χ1v) is 5.68. The van der Waals surface area contributed by atoms with Gasteiger partial charge in [-0.3, -0.25) is 0 Å². The van der Waals surface area contributed by atoms with Crippen LogP contribution in [0.3, 0.4) is 0 Å². The molecule has 1 heterocycles. The highest BCUT2D eigenvalue weighted by Crippen LogP contribution is 2.24. The van der Waals surface area contributed by atoms with E-state index in [9.17, 15) is 4.79 Å². The molecule has 18 heavy (non-hydrogen) atoms. The van der Waals surface area contributed by atoms with Crippen molar-refractivity contribution in [3.8, 4) is 11.3 Å². The standard InChI is InChI=1S/C14H11ClO3/c1-17-14(16)9-7-12-6-8-13(18-12)10-2-4-11(15)5-3-10/h2-9H,1H3/b9-7+. The Morgan fingerprint density at radius 1 is 1.22 bits per heavy atom. The topological polar surface area (TPSA) is 39.4 Å². The lowest BCUT2D eigenvalue weighted by molar-refractivity contribution is -0.134. The van der Waals surface area contributed by atoms with E-state index in [1.54, 1.807) is 24.3 Å². The molecule has 0 aliphatic carbocycles. The predicted octanol–water partition coefficient (Wildman–Crippen LogP) is 3.79. The zero-order valence-corrected chi connectivity index (χ0v) is 10.5. The highest BCUT2D eigenvalue weighted by atomic mass is 35.5. The summed E-state index contributed by atoms with van der Waals surface area (Å²) in [6, 6.07) is 10.9. The molecule has 0 N–H and O–H groups in total. The third-order valence-electron chi connectivity index (χ3n) is 2.34. The average Bonchev–Trinajstić information content (AvgIpc) is 2.85. The van der Waals surface area contributed by atoms with Crippen molar-refractivity contribution in [1.29, 1.82) is 0 Å². The molecular weight excluding hydrogens is 252 g/mol. The second kappa shape index (κ2) is 5.56. The van der Waals surface area contributed by atoms with Crippen LogP contribution in [0.2, 0.25) is 5.02 Å². The van der Waals surface area contributed by atoms with Crippen molar-refractivity contribution in [2.75, 3.05) is 7.11 Å². The lowest BCUT2D eigenvalue weighted by atomic mass is 10.2. The fraction of sp³-hybridized carbons (Fsp3) is 0.0714. The van der Waals surface area contributed by atoms with E-state index in [0.717, 1.165) is 11.3 Å². The Hall–Kier alpha value is -2.00. The fourth-order valence-corrected chi connectivity index (χ4v) is 1.56. The van der Waals surface area contributed by atoms with E-state index < -0.39 is 5.97 Å². The van der Waals surface area contributed by atoms with Crippen LogP contribution in [-0.4, -0.2) is 13.1 Å². The highest BCUT2D eigenvalue weighted by Gasteiger charge is 2.03. The molecule has 0 radical (unpaired) electrons. The first kappa shape index (κ1) is 12.5. The van der Waals surface area contributed by atoms with Gasteiger partial charge in [-0.25, -0.2) is 4.79 Å². The normalized spacial score (nSPS) is 10.8. The van der Waals surface area contributed by atoms with Crippen LogP contribution in [0, 0.1) is 0 Å². The second-order valence-electron chi connectivity index (χ2n) is 3.57. The van der Waals surface area contributed by atoms with Crippen molar-refractivity contribution < 1.29 is 13.9 Å². The molecule has 2 aromatic rings. The van der Waals surface area contributed by atoms with Crippen LogP contribution in [0.15, 0.2) is 46.9 Å². The molecule has 92 valence electrons. The average molecular weight is 263 g/mol. The van der Waals surface area contributed by atoms with E-state index in [2.05, 4.69) is 4.74 Å². The number of carbonyl (C=O) groups excluding carboxylic acids is 1. The number of hydrogen-bond acceptors (Lipinski definition) is 3. The first-order chi connectivity index (χ1) is 8.69. The quantitative estimate of drug-likeness (QED) is 0.624. The number of methoxy groups -OCH3 is 1. The predicted molar refractivity (Wildman–Crippen MR) is 70.2 cm³/mol. The maximum absolute atomic E-state index is 10.9. The molecule has 0 saturated carbocycles. The lowest BCUT2D eigenvalue weighted by Gasteiger charge is -1.96. The number of rotatable bonds is 3. The molecule has 1 aromatic carbocycles. The van der Waals surface area contributed by atoms with Gasteiger partial charge in [-0.15, -0.1) is 0 Å². The Labute approximate surface area is 110 Å². The van der Waals surface area contributed by atoms with Crippen molar-refractivity contribution in [3.63, 3.8) is 0 Å². The summed E-state index contributed by atoms with van der Waals surface area (Å²) in [4.78, 5) is 10.9. The van der Waals surface area contributed by atoms with Gasteiger partial charge in [0.1, 0.15) is 11.5 Å². The number of benzene rings is 1. The van der Waals surface area contributed by atoms with Gasteiger partial charge in [0.05, 0.1) is 7.11 Å². The summed E-state index contributed by atoms with van der Waals surface area (Å²) in [6.07, 6.45) is 2.87. The lowest BCUT2D eigenvalue weighted by Crippen LogP contribution is -1.92. The SMILES string of the molecule is COC(=O)/C=C/c1ccc(-c2ccc(Cl)cc2)o1. The monoisotopic (exact) mass is 262 g/mol. The van der Waals surface area contributed by atoms with Gasteiger partial charge in [0.25, 0.3) is 0 Å². The number of furan rings is 1. The Morgan fingerprint density at radius 2 is 1.94 bits per heavy atom. The Kier molecular flexibility index (Phi) is 3.85. The molecule has 0 fully saturated rings. The van der Waals surface area contributed by atoms with Crippen LogP contribution in [-0.2, 0) is 9.53 Å².